The molecular formula is C22H20F3N3O3. The van der Waals surface area contributed by atoms with Gasteiger partial charge in [0.1, 0.15) is 5.75 Å². The van der Waals surface area contributed by atoms with Gasteiger partial charge in [-0.15, -0.1) is 0 Å². The molecule has 1 saturated heterocycles. The minimum Gasteiger partial charge on any atom is -0.496 e. The number of ether oxygens (including phenoxy) is 1. The fraction of sp³-hybridized carbons (Fsp3) is 0.318. The Balaban J connectivity index is 1.52. The molecule has 1 aliphatic heterocycles. The molecule has 4 rings (SSSR count). The van der Waals surface area contributed by atoms with Crippen LogP contribution in [0.4, 0.5) is 13.2 Å². The number of para-hydroxylation sites is 1. The first-order chi connectivity index (χ1) is 14.9. The third kappa shape index (κ3) is 4.40. The molecular weight excluding hydrogens is 411 g/mol. The molecule has 0 spiro atoms. The van der Waals surface area contributed by atoms with E-state index in [1.165, 1.54) is 12.1 Å². The number of likely N-dealkylation sites (tertiary alicyclic amines) is 1. The lowest BCUT2D eigenvalue weighted by atomic mass is 9.96. The number of carbonyl (C=O) groups excluding carboxylic acids is 1. The Kier molecular flexibility index (Phi) is 5.67. The lowest BCUT2D eigenvalue weighted by molar-refractivity contribution is -0.137. The molecule has 0 bridgehead atoms. The smallest absolute Gasteiger partial charge is 0.416 e. The predicted molar refractivity (Wildman–Crippen MR) is 106 cm³/mol. The monoisotopic (exact) mass is 431 g/mol. The lowest BCUT2D eigenvalue weighted by Gasteiger charge is -2.31. The number of rotatable bonds is 4. The summed E-state index contributed by atoms with van der Waals surface area (Å²) >= 11 is 0. The Morgan fingerprint density at radius 3 is 2.77 bits per heavy atom. The normalized spacial score (nSPS) is 16.9. The summed E-state index contributed by atoms with van der Waals surface area (Å²) in [5, 5.41) is 4.08. The number of piperidine rings is 1. The van der Waals surface area contributed by atoms with E-state index in [-0.39, 0.29) is 11.5 Å². The zero-order valence-electron chi connectivity index (χ0n) is 16.7. The first kappa shape index (κ1) is 20.9. The maximum Gasteiger partial charge on any atom is 0.416 e. The molecule has 2 heterocycles. The number of hydrogen-bond acceptors (Lipinski definition) is 5. The summed E-state index contributed by atoms with van der Waals surface area (Å²) in [6.45, 7) is 0.767. The number of nitrogens with zero attached hydrogens (tertiary/aromatic N) is 3. The molecule has 9 heteroatoms. The number of benzene rings is 2. The Labute approximate surface area is 176 Å². The highest BCUT2D eigenvalue weighted by molar-refractivity contribution is 5.94. The molecule has 0 N–H and O–H groups in total. The summed E-state index contributed by atoms with van der Waals surface area (Å²) < 4.78 is 49.7. The van der Waals surface area contributed by atoms with E-state index < -0.39 is 17.6 Å². The molecule has 1 amide bonds. The van der Waals surface area contributed by atoms with Gasteiger partial charge in [0.2, 0.25) is 0 Å². The van der Waals surface area contributed by atoms with Crippen molar-refractivity contribution in [3.05, 3.63) is 65.5 Å². The van der Waals surface area contributed by atoms with Gasteiger partial charge in [0.05, 0.1) is 18.2 Å². The molecule has 0 radical (unpaired) electrons. The van der Waals surface area contributed by atoms with Gasteiger partial charge in [-0.25, -0.2) is 0 Å². The van der Waals surface area contributed by atoms with Crippen molar-refractivity contribution < 1.29 is 27.2 Å². The molecule has 0 aliphatic carbocycles. The van der Waals surface area contributed by atoms with Crippen molar-refractivity contribution in [1.82, 2.24) is 15.0 Å². The predicted octanol–water partition coefficient (Wildman–Crippen LogP) is 4.78. The van der Waals surface area contributed by atoms with Crippen LogP contribution in [0.5, 0.6) is 5.75 Å². The first-order valence-corrected chi connectivity index (χ1v) is 9.80. The van der Waals surface area contributed by atoms with Crippen LogP contribution in [-0.4, -0.2) is 41.1 Å². The van der Waals surface area contributed by atoms with Crippen LogP contribution in [0.1, 0.15) is 40.5 Å². The van der Waals surface area contributed by atoms with E-state index >= 15 is 0 Å². The minimum absolute atomic E-state index is 0.0123. The van der Waals surface area contributed by atoms with Crippen LogP contribution in [-0.2, 0) is 6.18 Å². The van der Waals surface area contributed by atoms with Crippen molar-refractivity contribution >= 4 is 5.91 Å². The number of hydrogen-bond donors (Lipinski definition) is 0. The number of carbonyl (C=O) groups is 1. The molecule has 1 aliphatic rings. The summed E-state index contributed by atoms with van der Waals surface area (Å²) in [7, 11) is 1.55. The second-order valence-electron chi connectivity index (χ2n) is 7.33. The van der Waals surface area contributed by atoms with Gasteiger partial charge in [-0.05, 0) is 43.2 Å². The van der Waals surface area contributed by atoms with Crippen LogP contribution in [0, 0.1) is 0 Å². The van der Waals surface area contributed by atoms with Crippen LogP contribution in [0.25, 0.3) is 11.5 Å². The Morgan fingerprint density at radius 2 is 2.00 bits per heavy atom. The van der Waals surface area contributed by atoms with Crippen molar-refractivity contribution in [3.8, 4) is 17.2 Å². The molecule has 1 fully saturated rings. The third-order valence-corrected chi connectivity index (χ3v) is 5.29. The van der Waals surface area contributed by atoms with Gasteiger partial charge in [0.25, 0.3) is 11.8 Å². The summed E-state index contributed by atoms with van der Waals surface area (Å²) in [5.74, 6) is 0.763. The number of alkyl halides is 3. The molecule has 3 aromatic rings. The Bertz CT molecular complexity index is 1080. The quantitative estimate of drug-likeness (QED) is 0.595. The summed E-state index contributed by atoms with van der Waals surface area (Å²) in [6, 6.07) is 11.7. The van der Waals surface area contributed by atoms with Crippen molar-refractivity contribution in [2.75, 3.05) is 20.2 Å². The fourth-order valence-electron chi connectivity index (χ4n) is 3.71. The van der Waals surface area contributed by atoms with Gasteiger partial charge in [0, 0.05) is 24.6 Å². The van der Waals surface area contributed by atoms with E-state index in [2.05, 4.69) is 10.1 Å². The van der Waals surface area contributed by atoms with Crippen molar-refractivity contribution in [2.45, 2.75) is 24.9 Å². The first-order valence-electron chi connectivity index (χ1n) is 9.80. The van der Waals surface area contributed by atoms with E-state index in [1.807, 2.05) is 12.1 Å². The summed E-state index contributed by atoms with van der Waals surface area (Å²) in [4.78, 5) is 18.9. The number of methoxy groups -OCH3 is 1. The maximum absolute atomic E-state index is 13.0. The van der Waals surface area contributed by atoms with E-state index in [1.54, 1.807) is 24.1 Å². The maximum atomic E-state index is 13.0. The van der Waals surface area contributed by atoms with Crippen LogP contribution in [0.2, 0.25) is 0 Å². The average molecular weight is 431 g/mol. The topological polar surface area (TPSA) is 68.5 Å². The molecule has 0 unspecified atom stereocenters. The van der Waals surface area contributed by atoms with Gasteiger partial charge >= 0.3 is 6.18 Å². The molecule has 6 nitrogen and oxygen atoms in total. The van der Waals surface area contributed by atoms with E-state index in [0.717, 1.165) is 18.6 Å². The highest BCUT2D eigenvalue weighted by Gasteiger charge is 2.33. The number of halogens is 3. The minimum atomic E-state index is -4.50. The number of aromatic nitrogens is 2. The average Bonchev–Trinajstić information content (AvgIpc) is 3.28. The van der Waals surface area contributed by atoms with Gasteiger partial charge in [-0.2, -0.15) is 18.2 Å². The standard InChI is InChI=1S/C22H20F3N3O3/c1-30-18-10-3-2-9-17(18)20-26-19(27-31-20)15-7-5-11-28(13-15)21(29)14-6-4-8-16(12-14)22(23,24)25/h2-4,6,8-10,12,15H,5,7,11,13H2,1H3/t15-/m0/s1. The van der Waals surface area contributed by atoms with Crippen LogP contribution >= 0.6 is 0 Å². The second kappa shape index (κ2) is 8.41. The van der Waals surface area contributed by atoms with E-state index in [0.29, 0.717) is 42.5 Å². The van der Waals surface area contributed by atoms with Gasteiger partial charge in [0.15, 0.2) is 5.82 Å². The summed E-state index contributed by atoms with van der Waals surface area (Å²) in [6.07, 6.45) is -3.06. The highest BCUT2D eigenvalue weighted by atomic mass is 19.4. The third-order valence-electron chi connectivity index (χ3n) is 5.29. The number of amides is 1. The van der Waals surface area contributed by atoms with Crippen LogP contribution in [0.3, 0.4) is 0 Å². The second-order valence-corrected chi connectivity index (χ2v) is 7.33. The van der Waals surface area contributed by atoms with Gasteiger partial charge in [-0.3, -0.25) is 4.79 Å². The molecule has 1 atom stereocenters. The molecule has 31 heavy (non-hydrogen) atoms. The molecule has 162 valence electrons. The van der Waals surface area contributed by atoms with Crippen molar-refractivity contribution in [3.63, 3.8) is 0 Å². The Hall–Kier alpha value is -3.36. The lowest BCUT2D eigenvalue weighted by Crippen LogP contribution is -2.39. The SMILES string of the molecule is COc1ccccc1-c1nc([C@H]2CCCN(C(=O)c3cccc(C(F)(F)F)c3)C2)no1. The van der Waals surface area contributed by atoms with Crippen molar-refractivity contribution in [2.24, 2.45) is 0 Å². The van der Waals surface area contributed by atoms with Gasteiger partial charge < -0.3 is 14.2 Å². The summed E-state index contributed by atoms with van der Waals surface area (Å²) in [5.41, 5.74) is -0.165. The molecule has 1 aromatic heterocycles. The zero-order valence-corrected chi connectivity index (χ0v) is 16.7. The Morgan fingerprint density at radius 1 is 1.19 bits per heavy atom. The van der Waals surface area contributed by atoms with Crippen LogP contribution in [0.15, 0.2) is 53.1 Å². The van der Waals surface area contributed by atoms with Crippen molar-refractivity contribution in [1.29, 1.82) is 0 Å². The van der Waals surface area contributed by atoms with E-state index in [9.17, 15) is 18.0 Å². The highest BCUT2D eigenvalue weighted by Crippen LogP contribution is 2.33. The molecule has 0 saturated carbocycles. The van der Waals surface area contributed by atoms with Crippen LogP contribution < -0.4 is 4.74 Å². The fourth-order valence-corrected chi connectivity index (χ4v) is 3.71. The largest absolute Gasteiger partial charge is 0.496 e. The van der Waals surface area contributed by atoms with E-state index in [4.69, 9.17) is 9.26 Å². The van der Waals surface area contributed by atoms with Gasteiger partial charge in [-0.1, -0.05) is 23.4 Å². The molecule has 2 aromatic carbocycles. The zero-order chi connectivity index (χ0) is 22.0.